The third-order valence-electron chi connectivity index (χ3n) is 5.45. The lowest BCUT2D eigenvalue weighted by molar-refractivity contribution is 0.112. The Morgan fingerprint density at radius 2 is 1.72 bits per heavy atom. The van der Waals surface area contributed by atoms with E-state index in [1.165, 1.54) is 22.3 Å². The molecule has 3 aromatic rings. The zero-order chi connectivity index (χ0) is 22.3. The van der Waals surface area contributed by atoms with Gasteiger partial charge in [0.1, 0.15) is 18.6 Å². The van der Waals surface area contributed by atoms with Gasteiger partial charge in [-0.3, -0.25) is 4.79 Å². The summed E-state index contributed by atoms with van der Waals surface area (Å²) in [5, 5.41) is 2.74. The van der Waals surface area contributed by atoms with Crippen LogP contribution in [0, 0.1) is 11.8 Å². The van der Waals surface area contributed by atoms with E-state index in [1.54, 1.807) is 25.3 Å². The quantitative estimate of drug-likeness (QED) is 0.350. The van der Waals surface area contributed by atoms with Crippen molar-refractivity contribution >= 4 is 12.4 Å². The minimum absolute atomic E-state index is 0.0329. The summed E-state index contributed by atoms with van der Waals surface area (Å²) in [7, 11) is 1.56. The Morgan fingerprint density at radius 3 is 2.38 bits per heavy atom. The fourth-order valence-corrected chi connectivity index (χ4v) is 3.93. The monoisotopic (exact) mass is 425 g/mol. The summed E-state index contributed by atoms with van der Waals surface area (Å²) >= 11 is 0. The van der Waals surface area contributed by atoms with Gasteiger partial charge in [-0.2, -0.15) is 0 Å². The normalized spacial score (nSPS) is 11.5. The van der Waals surface area contributed by atoms with Gasteiger partial charge in [-0.05, 0) is 40.5 Å². The first kappa shape index (κ1) is 21.2. The van der Waals surface area contributed by atoms with Gasteiger partial charge in [-0.1, -0.05) is 60.4 Å². The summed E-state index contributed by atoms with van der Waals surface area (Å²) in [4.78, 5) is 23.2. The van der Waals surface area contributed by atoms with E-state index in [4.69, 9.17) is 9.47 Å². The van der Waals surface area contributed by atoms with Crippen LogP contribution in [0.2, 0.25) is 0 Å². The van der Waals surface area contributed by atoms with E-state index < -0.39 is 6.09 Å². The third-order valence-corrected chi connectivity index (χ3v) is 5.45. The molecule has 0 aliphatic heterocycles. The molecule has 160 valence electrons. The summed E-state index contributed by atoms with van der Waals surface area (Å²) in [6.45, 7) is 0.639. The highest BCUT2D eigenvalue weighted by atomic mass is 16.5. The van der Waals surface area contributed by atoms with Crippen LogP contribution in [0.25, 0.3) is 11.1 Å². The van der Waals surface area contributed by atoms with Crippen LogP contribution in [0.1, 0.15) is 39.4 Å². The topological polar surface area (TPSA) is 64.6 Å². The molecule has 0 heterocycles. The number of nitrogens with one attached hydrogen (secondary N) is 1. The van der Waals surface area contributed by atoms with E-state index in [-0.39, 0.29) is 12.5 Å². The number of methoxy groups -OCH3 is 1. The molecule has 0 radical (unpaired) electrons. The van der Waals surface area contributed by atoms with Crippen LogP contribution in [-0.4, -0.2) is 32.6 Å². The number of benzene rings is 3. The summed E-state index contributed by atoms with van der Waals surface area (Å²) in [6, 6.07) is 21.5. The maximum Gasteiger partial charge on any atom is 0.407 e. The molecule has 32 heavy (non-hydrogen) atoms. The lowest BCUT2D eigenvalue weighted by atomic mass is 9.98. The summed E-state index contributed by atoms with van der Waals surface area (Å²) < 4.78 is 10.8. The lowest BCUT2D eigenvalue weighted by Crippen LogP contribution is -2.26. The smallest absolute Gasteiger partial charge is 0.407 e. The number of carbonyl (C=O) groups excluding carboxylic acids is 2. The number of amides is 1. The predicted molar refractivity (Wildman–Crippen MR) is 123 cm³/mol. The van der Waals surface area contributed by atoms with E-state index in [0.29, 0.717) is 29.8 Å². The fraction of sp³-hybridized carbons (Fsp3) is 0.185. The molecule has 1 N–H and O–H groups in total. The Bertz CT molecular complexity index is 1160. The number of ether oxygens (including phenoxy) is 2. The number of fused-ring (bicyclic) bond motifs is 3. The van der Waals surface area contributed by atoms with Gasteiger partial charge in [-0.25, -0.2) is 4.79 Å². The second kappa shape index (κ2) is 9.84. The second-order valence-electron chi connectivity index (χ2n) is 7.38. The Kier molecular flexibility index (Phi) is 6.52. The molecule has 0 aromatic heterocycles. The molecule has 5 heteroatoms. The van der Waals surface area contributed by atoms with Crippen molar-refractivity contribution in [2.45, 2.75) is 12.3 Å². The molecule has 0 spiro atoms. The Morgan fingerprint density at radius 1 is 1.03 bits per heavy atom. The third kappa shape index (κ3) is 4.50. The van der Waals surface area contributed by atoms with Crippen molar-refractivity contribution in [3.63, 3.8) is 0 Å². The van der Waals surface area contributed by atoms with E-state index >= 15 is 0 Å². The first-order valence-electron chi connectivity index (χ1n) is 10.4. The van der Waals surface area contributed by atoms with Gasteiger partial charge in [0.05, 0.1) is 12.7 Å². The van der Waals surface area contributed by atoms with Gasteiger partial charge in [0, 0.05) is 24.4 Å². The summed E-state index contributed by atoms with van der Waals surface area (Å²) in [6.07, 6.45) is 0.747. The molecule has 0 fully saturated rings. The minimum Gasteiger partial charge on any atom is -0.495 e. The van der Waals surface area contributed by atoms with Crippen LogP contribution in [0.3, 0.4) is 0 Å². The van der Waals surface area contributed by atoms with Crippen molar-refractivity contribution in [3.8, 4) is 28.7 Å². The van der Waals surface area contributed by atoms with Gasteiger partial charge in [0.15, 0.2) is 0 Å². The highest BCUT2D eigenvalue weighted by Gasteiger charge is 2.28. The summed E-state index contributed by atoms with van der Waals surface area (Å²) in [5.74, 6) is 6.61. The number of hydrogen-bond donors (Lipinski definition) is 1. The Hall–Kier alpha value is -4.04. The zero-order valence-corrected chi connectivity index (χ0v) is 17.8. The first-order valence-corrected chi connectivity index (χ1v) is 10.4. The van der Waals surface area contributed by atoms with E-state index in [9.17, 15) is 9.59 Å². The number of hydrogen-bond acceptors (Lipinski definition) is 4. The maximum atomic E-state index is 12.2. The van der Waals surface area contributed by atoms with Crippen molar-refractivity contribution < 1.29 is 19.1 Å². The molecule has 5 nitrogen and oxygen atoms in total. The molecule has 1 amide bonds. The van der Waals surface area contributed by atoms with Crippen molar-refractivity contribution in [2.75, 3.05) is 20.3 Å². The standard InChI is InChI=1S/C27H23NO4/c1-31-26-14-13-19(17-29)16-20(26)8-6-7-15-28-27(30)32-18-25-23-11-4-2-9-21(23)22-10-3-5-12-24(22)25/h2-5,9-14,16-17,25H,7,15,18H2,1H3,(H,28,30). The van der Waals surface area contributed by atoms with Crippen molar-refractivity contribution in [1.29, 1.82) is 0 Å². The molecule has 3 aromatic carbocycles. The average Bonchev–Trinajstić information content (AvgIpc) is 3.16. The molecular formula is C27H23NO4. The first-order chi connectivity index (χ1) is 15.7. The maximum absolute atomic E-state index is 12.2. The van der Waals surface area contributed by atoms with Crippen LogP contribution in [0.15, 0.2) is 66.7 Å². The largest absolute Gasteiger partial charge is 0.495 e. The highest BCUT2D eigenvalue weighted by molar-refractivity contribution is 5.79. The number of alkyl carbamates (subject to hydrolysis) is 1. The molecule has 0 unspecified atom stereocenters. The van der Waals surface area contributed by atoms with Crippen LogP contribution < -0.4 is 10.1 Å². The van der Waals surface area contributed by atoms with Crippen molar-refractivity contribution in [1.82, 2.24) is 5.32 Å². The van der Waals surface area contributed by atoms with E-state index in [2.05, 4.69) is 41.4 Å². The van der Waals surface area contributed by atoms with E-state index in [1.807, 2.05) is 24.3 Å². The fourth-order valence-electron chi connectivity index (χ4n) is 3.93. The molecule has 0 atom stereocenters. The molecule has 1 aliphatic carbocycles. The van der Waals surface area contributed by atoms with Gasteiger partial charge in [0.2, 0.25) is 0 Å². The van der Waals surface area contributed by atoms with Crippen molar-refractivity contribution in [3.05, 3.63) is 89.0 Å². The zero-order valence-electron chi connectivity index (χ0n) is 17.8. The number of aldehydes is 1. The molecular weight excluding hydrogens is 402 g/mol. The van der Waals surface area contributed by atoms with Gasteiger partial charge in [0.25, 0.3) is 0 Å². The molecule has 0 bridgehead atoms. The predicted octanol–water partition coefficient (Wildman–Crippen LogP) is 4.79. The summed E-state index contributed by atoms with van der Waals surface area (Å²) in [5.41, 5.74) is 5.92. The molecule has 0 saturated heterocycles. The van der Waals surface area contributed by atoms with Crippen molar-refractivity contribution in [2.24, 2.45) is 0 Å². The lowest BCUT2D eigenvalue weighted by Gasteiger charge is -2.14. The van der Waals surface area contributed by atoms with Crippen LogP contribution in [-0.2, 0) is 4.74 Å². The molecule has 4 rings (SSSR count). The average molecular weight is 425 g/mol. The van der Waals surface area contributed by atoms with Crippen LogP contribution in [0.5, 0.6) is 5.75 Å². The van der Waals surface area contributed by atoms with Gasteiger partial charge < -0.3 is 14.8 Å². The molecule has 1 aliphatic rings. The van der Waals surface area contributed by atoms with Gasteiger partial charge in [-0.15, -0.1) is 0 Å². The minimum atomic E-state index is -0.464. The SMILES string of the molecule is COc1ccc(C=O)cc1C#CCCNC(=O)OCC1c2ccccc2-c2ccccc21. The number of rotatable bonds is 6. The van der Waals surface area contributed by atoms with E-state index in [0.717, 1.165) is 6.29 Å². The Balaban J connectivity index is 1.30. The van der Waals surface area contributed by atoms with Crippen LogP contribution in [0.4, 0.5) is 4.79 Å². The highest BCUT2D eigenvalue weighted by Crippen LogP contribution is 2.44. The van der Waals surface area contributed by atoms with Crippen LogP contribution >= 0.6 is 0 Å². The second-order valence-corrected chi connectivity index (χ2v) is 7.38. The van der Waals surface area contributed by atoms with Gasteiger partial charge >= 0.3 is 6.09 Å². The molecule has 0 saturated carbocycles. The Labute approximate surface area is 187 Å². The number of carbonyl (C=O) groups is 2.